The molecule has 0 radical (unpaired) electrons. The van der Waals surface area contributed by atoms with Gasteiger partial charge in [0.1, 0.15) is 41.6 Å². The van der Waals surface area contributed by atoms with E-state index in [2.05, 4.69) is 45.7 Å². The van der Waals surface area contributed by atoms with Crippen molar-refractivity contribution in [2.45, 2.75) is 82.7 Å². The van der Waals surface area contributed by atoms with Crippen molar-refractivity contribution in [3.8, 4) is 33.8 Å². The average molecular weight is 977 g/mol. The molecule has 4 aromatic rings. The number of hydrogen-bond donors (Lipinski definition) is 10. The quantitative estimate of drug-likeness (QED) is 0.0237. The molecule has 4 bridgehead atoms. The van der Waals surface area contributed by atoms with Crippen LogP contribution in [0.3, 0.4) is 0 Å². The van der Waals surface area contributed by atoms with Gasteiger partial charge in [-0.1, -0.05) is 61.9 Å². The molecule has 0 unspecified atom stereocenters. The van der Waals surface area contributed by atoms with Crippen molar-refractivity contribution in [2.75, 3.05) is 20.1 Å². The van der Waals surface area contributed by atoms with Crippen molar-refractivity contribution in [1.82, 2.24) is 31.6 Å². The van der Waals surface area contributed by atoms with Crippen LogP contribution in [0.5, 0.6) is 11.5 Å². The second-order valence-electron chi connectivity index (χ2n) is 16.2. The molecule has 4 aromatic carbocycles. The van der Waals surface area contributed by atoms with E-state index in [1.54, 1.807) is 12.1 Å². The standard InChI is InChI=1S/C46H54N8O9.C2HF3O2/c1-4-6-28-8-11-30(12-9-28)31-13-15-32(16-14-31)43(59)48-22-20-40(57)52-36(7-5-21-49-50-26-47)45(61)54(3)41-33-17-19-39(56)35(25-33)34-23-29(10-18-38(34)55)24-37(46(62)63)53-42(58)27(2)51-44(41)60;3-2(4,5)1(6)7/h8-19,23,25-27,36-37,41,49,55-56H,4-7,20-22,24H2,1-3H3,(H2,47,50)(H,48,59)(H,51,60)(H,52,57)(H,53,58)(H,62,63);(H,6,7)/t27-,36-,37-,41-;/m0./s1. The summed E-state index contributed by atoms with van der Waals surface area (Å²) >= 11 is 0. The van der Waals surface area contributed by atoms with Crippen molar-refractivity contribution >= 4 is 47.8 Å². The number of rotatable bonds is 17. The second kappa shape index (κ2) is 25.5. The summed E-state index contributed by atoms with van der Waals surface area (Å²) in [6.07, 6.45) is -1.99. The molecule has 5 amide bonds. The lowest BCUT2D eigenvalue weighted by atomic mass is 9.93. The van der Waals surface area contributed by atoms with E-state index in [-0.39, 0.29) is 59.9 Å². The number of amides is 5. The summed E-state index contributed by atoms with van der Waals surface area (Å²) in [6, 6.07) is 18.5. The Morgan fingerprint density at radius 3 is 2.09 bits per heavy atom. The first-order chi connectivity index (χ1) is 33.1. The lowest BCUT2D eigenvalue weighted by Gasteiger charge is -2.32. The number of likely N-dealkylation sites (N-methyl/N-ethyl adjacent to an activating group) is 1. The molecule has 0 saturated carbocycles. The number of nitrogens with zero attached hydrogens (tertiary/aromatic N) is 1. The SMILES string of the molecule is CCCc1ccc(-c2ccc(C(=O)NCCC(=O)N[C@@H](CCCN[NH2+]C=N)C(=O)N(C)[C@@H]3C(=O)N[C@@H](C)C(=O)N[C@H](C(=O)O)Cc4ccc(O)c(c4)-c4cc3ccc4O)cc2)cc1.O=C([O-])C(F)(F)F. The van der Waals surface area contributed by atoms with Gasteiger partial charge in [0.25, 0.3) is 5.91 Å². The number of carboxylic acids is 2. The minimum absolute atomic E-state index is 0.0457. The van der Waals surface area contributed by atoms with Gasteiger partial charge in [-0.25, -0.2) is 10.2 Å². The van der Waals surface area contributed by atoms with E-state index in [0.29, 0.717) is 24.1 Å². The number of carbonyl (C=O) groups is 7. The zero-order valence-corrected chi connectivity index (χ0v) is 38.4. The first kappa shape index (κ1) is 54.8. The third-order valence-electron chi connectivity index (χ3n) is 11.0. The molecule has 0 fully saturated rings. The van der Waals surface area contributed by atoms with Crippen molar-refractivity contribution in [1.29, 1.82) is 5.41 Å². The Morgan fingerprint density at radius 2 is 1.50 bits per heavy atom. The van der Waals surface area contributed by atoms with Crippen LogP contribution < -0.4 is 37.2 Å². The fourth-order valence-corrected chi connectivity index (χ4v) is 7.31. The van der Waals surface area contributed by atoms with Gasteiger partial charge in [-0.2, -0.15) is 18.6 Å². The molecule has 11 N–H and O–H groups in total. The number of carbonyl (C=O) groups excluding carboxylic acids is 6. The maximum absolute atomic E-state index is 14.4. The van der Waals surface area contributed by atoms with Crippen LogP contribution in [0, 0.1) is 5.41 Å². The molecule has 0 aliphatic carbocycles. The van der Waals surface area contributed by atoms with E-state index in [4.69, 9.17) is 15.3 Å². The number of halogens is 3. The first-order valence-corrected chi connectivity index (χ1v) is 22.0. The number of fused-ring (bicyclic) bond motifs is 5. The van der Waals surface area contributed by atoms with Gasteiger partial charge in [-0.15, -0.1) is 0 Å². The van der Waals surface area contributed by atoms with Gasteiger partial charge in [0.05, 0.1) is 0 Å². The summed E-state index contributed by atoms with van der Waals surface area (Å²) < 4.78 is 31.5. The highest BCUT2D eigenvalue weighted by molar-refractivity contribution is 5.97. The molecule has 19 nitrogen and oxygen atoms in total. The third kappa shape index (κ3) is 15.6. The number of aromatic hydroxyl groups is 2. The summed E-state index contributed by atoms with van der Waals surface area (Å²) in [5, 5.41) is 58.3. The van der Waals surface area contributed by atoms with E-state index in [1.807, 2.05) is 24.3 Å². The maximum atomic E-state index is 14.4. The van der Waals surface area contributed by atoms with Crippen LogP contribution in [0.15, 0.2) is 84.9 Å². The number of carboxylic acid groups (broad SMARTS) is 2. The fraction of sp³-hybridized carbons (Fsp3) is 0.333. The van der Waals surface area contributed by atoms with Gasteiger partial charge in [0, 0.05) is 49.7 Å². The molecule has 1 aliphatic rings. The Morgan fingerprint density at radius 1 is 0.900 bits per heavy atom. The number of aliphatic carboxylic acids is 2. The van der Waals surface area contributed by atoms with E-state index >= 15 is 0 Å². The number of aryl methyl sites for hydroxylation is 1. The number of hydrogen-bond acceptors (Lipinski definition) is 12. The predicted octanol–water partition coefficient (Wildman–Crippen LogP) is 1.57. The van der Waals surface area contributed by atoms with Crippen LogP contribution in [0.1, 0.15) is 72.6 Å². The van der Waals surface area contributed by atoms with Gasteiger partial charge in [0.2, 0.25) is 23.6 Å². The fourth-order valence-electron chi connectivity index (χ4n) is 7.31. The molecule has 4 atom stereocenters. The number of benzene rings is 4. The molecule has 1 aliphatic heterocycles. The molecule has 0 saturated heterocycles. The Hall–Kier alpha value is -7.85. The van der Waals surface area contributed by atoms with Crippen molar-refractivity contribution in [2.24, 2.45) is 0 Å². The van der Waals surface area contributed by atoms with Crippen LogP contribution in [0.4, 0.5) is 13.2 Å². The molecule has 70 heavy (non-hydrogen) atoms. The Bertz CT molecular complexity index is 2520. The number of phenols is 2. The lowest BCUT2D eigenvalue weighted by molar-refractivity contribution is -0.596. The van der Waals surface area contributed by atoms with Gasteiger partial charge in [0.15, 0.2) is 6.34 Å². The topological polar surface area (TPSA) is 307 Å². The van der Waals surface area contributed by atoms with Gasteiger partial charge in [-0.05, 0) is 90.4 Å². The van der Waals surface area contributed by atoms with Crippen LogP contribution in [0.2, 0.25) is 0 Å². The van der Waals surface area contributed by atoms with E-state index in [1.165, 1.54) is 61.4 Å². The van der Waals surface area contributed by atoms with E-state index < -0.39 is 65.9 Å². The van der Waals surface area contributed by atoms with Crippen LogP contribution in [-0.2, 0) is 41.6 Å². The van der Waals surface area contributed by atoms with Gasteiger partial charge < -0.3 is 51.4 Å². The molecule has 1 heterocycles. The Kier molecular flexibility index (Phi) is 19.9. The molecule has 374 valence electrons. The first-order valence-electron chi connectivity index (χ1n) is 22.0. The maximum Gasteiger partial charge on any atom is 0.430 e. The highest BCUT2D eigenvalue weighted by atomic mass is 19.4. The Labute approximate surface area is 400 Å². The highest BCUT2D eigenvalue weighted by Crippen LogP contribution is 2.39. The number of nitrogens with one attached hydrogen (secondary N) is 6. The molecule has 22 heteroatoms. The predicted molar refractivity (Wildman–Crippen MR) is 245 cm³/mol. The zero-order chi connectivity index (χ0) is 51.7. The number of nitrogens with two attached hydrogens (primary N) is 1. The summed E-state index contributed by atoms with van der Waals surface area (Å²) in [6.45, 7) is 3.79. The van der Waals surface area contributed by atoms with Crippen LogP contribution >= 0.6 is 0 Å². The number of alkyl halides is 3. The van der Waals surface area contributed by atoms with E-state index in [9.17, 15) is 57.3 Å². The summed E-state index contributed by atoms with van der Waals surface area (Å²) in [5.41, 5.74) is 8.75. The lowest BCUT2D eigenvalue weighted by Crippen LogP contribution is -2.92. The summed E-state index contributed by atoms with van der Waals surface area (Å²) in [4.78, 5) is 90.4. The smallest absolute Gasteiger partial charge is 0.430 e. The normalized spacial score (nSPS) is 16.1. The Balaban J connectivity index is 0.00000141. The largest absolute Gasteiger partial charge is 0.542 e. The summed E-state index contributed by atoms with van der Waals surface area (Å²) in [5.74, 6) is -8.15. The summed E-state index contributed by atoms with van der Waals surface area (Å²) in [7, 11) is 1.35. The van der Waals surface area contributed by atoms with Crippen molar-refractivity contribution in [3.63, 3.8) is 0 Å². The van der Waals surface area contributed by atoms with Crippen LogP contribution in [-0.4, -0.2) is 112 Å². The van der Waals surface area contributed by atoms with Gasteiger partial charge in [-0.3, -0.25) is 29.4 Å². The number of quaternary nitrogens is 1. The van der Waals surface area contributed by atoms with Gasteiger partial charge >= 0.3 is 12.1 Å². The van der Waals surface area contributed by atoms with Crippen molar-refractivity contribution < 1.29 is 72.6 Å². The molecular weight excluding hydrogens is 922 g/mol. The second-order valence-corrected chi connectivity index (χ2v) is 16.2. The zero-order valence-electron chi connectivity index (χ0n) is 38.4. The minimum Gasteiger partial charge on any atom is -0.542 e. The minimum atomic E-state index is -5.19. The van der Waals surface area contributed by atoms with Crippen molar-refractivity contribution in [3.05, 3.63) is 107 Å². The average Bonchev–Trinajstić information content (AvgIpc) is 3.31. The molecular formula is C48H55F3N8O11. The number of phenolic OH excluding ortho intramolecular Hbond substituents is 2. The van der Waals surface area contributed by atoms with E-state index in [0.717, 1.165) is 35.2 Å². The monoisotopic (exact) mass is 976 g/mol. The highest BCUT2D eigenvalue weighted by Gasteiger charge is 2.36. The molecule has 0 spiro atoms. The van der Waals surface area contributed by atoms with Crippen LogP contribution in [0.25, 0.3) is 22.3 Å². The molecule has 0 aromatic heterocycles. The third-order valence-corrected chi connectivity index (χ3v) is 11.0. The molecule has 5 rings (SSSR count).